The highest BCUT2D eigenvalue weighted by atomic mass is 79.9. The normalized spacial score (nSPS) is 16.0. The summed E-state index contributed by atoms with van der Waals surface area (Å²) in [4.78, 5) is 0.219. The number of allylic oxidation sites excluding steroid dienone is 1. The predicted octanol–water partition coefficient (Wildman–Crippen LogP) is 5.03. The van der Waals surface area contributed by atoms with Gasteiger partial charge in [0.25, 0.3) is 0 Å². The molecule has 1 aliphatic heterocycles. The van der Waals surface area contributed by atoms with Gasteiger partial charge in [-0.15, -0.1) is 0 Å². The monoisotopic (exact) mass is 618 g/mol. The zero-order valence-corrected chi connectivity index (χ0v) is 24.7. The Balaban J connectivity index is 1.84. The van der Waals surface area contributed by atoms with Gasteiger partial charge in [0.2, 0.25) is 20.0 Å². The first-order valence-electron chi connectivity index (χ1n) is 12.1. The van der Waals surface area contributed by atoms with Gasteiger partial charge in [-0.25, -0.2) is 21.6 Å². The Kier molecular flexibility index (Phi) is 8.61. The summed E-state index contributed by atoms with van der Waals surface area (Å²) in [5.74, 6) is 0. The molecule has 0 radical (unpaired) electrons. The maximum atomic E-state index is 14.2. The Bertz CT molecular complexity index is 1500. The number of halogens is 1. The maximum absolute atomic E-state index is 14.2. The third-order valence-electron chi connectivity index (χ3n) is 6.46. The minimum Gasteiger partial charge on any atom is -0.377 e. The van der Waals surface area contributed by atoms with E-state index < -0.39 is 31.6 Å². The first-order chi connectivity index (χ1) is 17.9. The Labute approximate surface area is 233 Å². The number of sulfonamides is 2. The summed E-state index contributed by atoms with van der Waals surface area (Å²) in [6.07, 6.45) is 1.77. The van der Waals surface area contributed by atoms with Gasteiger partial charge in [0.1, 0.15) is 5.54 Å². The number of ether oxygens (including phenoxy) is 1. The van der Waals surface area contributed by atoms with E-state index in [1.165, 1.54) is 16.4 Å². The van der Waals surface area contributed by atoms with Crippen LogP contribution in [0.25, 0.3) is 0 Å². The summed E-state index contributed by atoms with van der Waals surface area (Å²) in [5.41, 5.74) is 1.36. The fraction of sp³-hybridized carbons (Fsp3) is 0.286. The zero-order valence-electron chi connectivity index (χ0n) is 21.5. The first kappa shape index (κ1) is 28.7. The van der Waals surface area contributed by atoms with Crippen LogP contribution in [-0.2, 0) is 31.3 Å². The highest BCUT2D eigenvalue weighted by Crippen LogP contribution is 2.37. The van der Waals surface area contributed by atoms with Crippen LogP contribution in [0.15, 0.2) is 105 Å². The van der Waals surface area contributed by atoms with E-state index in [9.17, 15) is 16.8 Å². The lowest BCUT2D eigenvalue weighted by Crippen LogP contribution is -2.72. The molecule has 3 aromatic carbocycles. The lowest BCUT2D eigenvalue weighted by molar-refractivity contribution is -0.121. The van der Waals surface area contributed by atoms with E-state index in [0.717, 1.165) is 21.2 Å². The molecule has 1 heterocycles. The molecule has 1 atom stereocenters. The molecule has 0 amide bonds. The van der Waals surface area contributed by atoms with Crippen molar-refractivity contribution in [3.63, 3.8) is 0 Å². The number of hydrogen-bond acceptors (Lipinski definition) is 5. The molecule has 0 spiro atoms. The molecule has 38 heavy (non-hydrogen) atoms. The van der Waals surface area contributed by atoms with E-state index in [1.807, 2.05) is 51.1 Å². The molecular weight excluding hydrogens is 588 g/mol. The van der Waals surface area contributed by atoms with Gasteiger partial charge in [-0.3, -0.25) is 0 Å². The van der Waals surface area contributed by atoms with E-state index in [-0.39, 0.29) is 29.5 Å². The number of hydrogen-bond donors (Lipinski definition) is 1. The lowest BCUT2D eigenvalue weighted by Gasteiger charge is -2.52. The summed E-state index contributed by atoms with van der Waals surface area (Å²) >= 11 is 3.33. The number of benzene rings is 3. The fourth-order valence-electron chi connectivity index (χ4n) is 4.34. The van der Waals surface area contributed by atoms with Gasteiger partial charge in [-0.1, -0.05) is 75.6 Å². The van der Waals surface area contributed by atoms with Crippen molar-refractivity contribution in [3.8, 4) is 0 Å². The molecule has 1 N–H and O–H groups in total. The van der Waals surface area contributed by atoms with Crippen molar-refractivity contribution in [1.82, 2.24) is 9.03 Å². The van der Waals surface area contributed by atoms with Crippen molar-refractivity contribution >= 4 is 36.0 Å². The van der Waals surface area contributed by atoms with E-state index >= 15 is 0 Å². The summed E-state index contributed by atoms with van der Waals surface area (Å²) in [6, 6.07) is 21.3. The van der Waals surface area contributed by atoms with Crippen LogP contribution in [-0.4, -0.2) is 45.9 Å². The summed E-state index contributed by atoms with van der Waals surface area (Å²) in [5, 5.41) is 0. The van der Waals surface area contributed by atoms with E-state index in [2.05, 4.69) is 20.7 Å². The molecule has 1 saturated heterocycles. The number of nitrogens with zero attached hydrogens (tertiary/aromatic N) is 1. The molecule has 0 saturated carbocycles. The fourth-order valence-corrected chi connectivity index (χ4v) is 7.61. The molecular formula is C28H31BrN2O5S2. The van der Waals surface area contributed by atoms with Gasteiger partial charge in [0.05, 0.1) is 29.0 Å². The molecule has 202 valence electrons. The topological polar surface area (TPSA) is 92.8 Å². The molecule has 7 nitrogen and oxygen atoms in total. The SMILES string of the molecule is CC(C)=C[C@H](NS(=O)(=O)c1ccc(Br)cc1)C1(N(Cc2ccccc2)S(=O)(=O)c2ccc(C)cc2)COC1. The molecule has 0 bridgehead atoms. The van der Waals surface area contributed by atoms with Crippen molar-refractivity contribution in [1.29, 1.82) is 0 Å². The molecule has 1 aliphatic rings. The van der Waals surface area contributed by atoms with Crippen molar-refractivity contribution in [2.75, 3.05) is 13.2 Å². The third kappa shape index (κ3) is 6.11. The van der Waals surface area contributed by atoms with Gasteiger partial charge in [0.15, 0.2) is 0 Å². The minimum absolute atomic E-state index is 0.0300. The van der Waals surface area contributed by atoms with Crippen molar-refractivity contribution < 1.29 is 21.6 Å². The Morgan fingerprint density at radius 2 is 1.53 bits per heavy atom. The van der Waals surface area contributed by atoms with Crippen LogP contribution in [0.4, 0.5) is 0 Å². The van der Waals surface area contributed by atoms with Crippen LogP contribution >= 0.6 is 15.9 Å². The van der Waals surface area contributed by atoms with E-state index in [0.29, 0.717) is 0 Å². The standard InChI is InChI=1S/C28H31BrN2O5S2/c1-21(2)17-27(30-37(32,33)25-15-11-24(29)12-16-25)28(19-36-20-28)31(18-23-7-5-4-6-8-23)38(34,35)26-13-9-22(3)10-14-26/h4-17,27,30H,18-20H2,1-3H3/t27-/m0/s1. The number of nitrogens with one attached hydrogen (secondary N) is 1. The molecule has 1 fully saturated rings. The first-order valence-corrected chi connectivity index (χ1v) is 15.8. The molecule has 0 aliphatic carbocycles. The molecule has 0 unspecified atom stereocenters. The smallest absolute Gasteiger partial charge is 0.244 e. The van der Waals surface area contributed by atoms with Crippen molar-refractivity contribution in [2.45, 2.75) is 48.7 Å². The molecule has 10 heteroatoms. The van der Waals surface area contributed by atoms with Crippen LogP contribution in [0.3, 0.4) is 0 Å². The van der Waals surface area contributed by atoms with Crippen LogP contribution in [0, 0.1) is 6.92 Å². The second-order valence-electron chi connectivity index (χ2n) is 9.70. The summed E-state index contributed by atoms with van der Waals surface area (Å²) in [7, 11) is -8.05. The highest BCUT2D eigenvalue weighted by molar-refractivity contribution is 9.10. The summed E-state index contributed by atoms with van der Waals surface area (Å²) < 4.78 is 66.0. The average molecular weight is 620 g/mol. The van der Waals surface area contributed by atoms with Gasteiger partial charge in [0, 0.05) is 11.0 Å². The van der Waals surface area contributed by atoms with Crippen LogP contribution < -0.4 is 4.72 Å². The zero-order chi connectivity index (χ0) is 27.6. The number of rotatable bonds is 10. The van der Waals surface area contributed by atoms with Gasteiger partial charge < -0.3 is 4.74 Å². The summed E-state index contributed by atoms with van der Waals surface area (Å²) in [6.45, 7) is 5.70. The minimum atomic E-state index is -4.06. The van der Waals surface area contributed by atoms with Crippen LogP contribution in [0.2, 0.25) is 0 Å². The molecule has 4 rings (SSSR count). The number of aryl methyl sites for hydroxylation is 1. The lowest BCUT2D eigenvalue weighted by atomic mass is 9.87. The Morgan fingerprint density at radius 1 is 0.947 bits per heavy atom. The van der Waals surface area contributed by atoms with E-state index in [4.69, 9.17) is 4.74 Å². The maximum Gasteiger partial charge on any atom is 0.244 e. The average Bonchev–Trinajstić information content (AvgIpc) is 2.83. The second-order valence-corrected chi connectivity index (χ2v) is 14.2. The van der Waals surface area contributed by atoms with Crippen molar-refractivity contribution in [3.05, 3.63) is 106 Å². The third-order valence-corrected chi connectivity index (χ3v) is 10.4. The predicted molar refractivity (Wildman–Crippen MR) is 152 cm³/mol. The molecule has 3 aromatic rings. The van der Waals surface area contributed by atoms with Gasteiger partial charge in [-0.2, -0.15) is 4.31 Å². The Morgan fingerprint density at radius 3 is 2.05 bits per heavy atom. The van der Waals surface area contributed by atoms with Crippen LogP contribution in [0.5, 0.6) is 0 Å². The van der Waals surface area contributed by atoms with Crippen molar-refractivity contribution in [2.24, 2.45) is 0 Å². The highest BCUT2D eigenvalue weighted by Gasteiger charge is 2.55. The van der Waals surface area contributed by atoms with Gasteiger partial charge >= 0.3 is 0 Å². The largest absolute Gasteiger partial charge is 0.377 e. The van der Waals surface area contributed by atoms with E-state index in [1.54, 1.807) is 42.5 Å². The van der Waals surface area contributed by atoms with Crippen LogP contribution in [0.1, 0.15) is 25.0 Å². The van der Waals surface area contributed by atoms with Gasteiger partial charge in [-0.05, 0) is 62.7 Å². The quantitative estimate of drug-likeness (QED) is 0.322. The second kappa shape index (κ2) is 11.4. The Hall–Kier alpha value is -2.34. The molecule has 0 aromatic heterocycles.